The fourth-order valence-electron chi connectivity index (χ4n) is 3.89. The van der Waals surface area contributed by atoms with Crippen LogP contribution in [0.3, 0.4) is 0 Å². The van der Waals surface area contributed by atoms with Crippen molar-refractivity contribution in [2.45, 2.75) is 37.4 Å². The Morgan fingerprint density at radius 3 is 2.65 bits per heavy atom. The van der Waals surface area contributed by atoms with Crippen molar-refractivity contribution in [2.24, 2.45) is 7.05 Å². The van der Waals surface area contributed by atoms with Crippen LogP contribution in [0.1, 0.15) is 29.8 Å². The molecule has 3 N–H and O–H groups in total. The average Bonchev–Trinajstić information content (AvgIpc) is 3.23. The van der Waals surface area contributed by atoms with Gasteiger partial charge in [-0.25, -0.2) is 0 Å². The number of benzene rings is 1. The van der Waals surface area contributed by atoms with Crippen molar-refractivity contribution < 1.29 is 9.90 Å². The van der Waals surface area contributed by atoms with Crippen LogP contribution in [0.4, 0.5) is 0 Å². The standard InChI is InChI=1S/C18H21N3O2/c1-21-16(11-2-5-13(22)6-3-11)8-9-17(21)18(23)20-15-10-12-4-7-14(15)19-12/h2-3,5-6,8-9,12,14-15,19,22H,4,7,10H2,1H3,(H,20,23)/t12-,14+,15-/m1/s1. The third-order valence-electron chi connectivity index (χ3n) is 5.13. The SMILES string of the molecule is Cn1c(C(=O)N[C@@H]2C[C@H]3CC[C@@H]2N3)ccc1-c1ccc(O)cc1. The molecule has 23 heavy (non-hydrogen) atoms. The summed E-state index contributed by atoms with van der Waals surface area (Å²) in [6, 6.07) is 12.1. The lowest BCUT2D eigenvalue weighted by atomic mass is 9.95. The Hall–Kier alpha value is -2.27. The normalized spacial score (nSPS) is 25.7. The quantitative estimate of drug-likeness (QED) is 0.812. The molecule has 0 unspecified atom stereocenters. The summed E-state index contributed by atoms with van der Waals surface area (Å²) in [5, 5.41) is 16.1. The predicted octanol–water partition coefficient (Wildman–Crippen LogP) is 2.02. The van der Waals surface area contributed by atoms with Gasteiger partial charge in [0, 0.05) is 30.9 Å². The predicted molar refractivity (Wildman–Crippen MR) is 88.3 cm³/mol. The van der Waals surface area contributed by atoms with Crippen LogP contribution >= 0.6 is 0 Å². The molecule has 2 aromatic rings. The Labute approximate surface area is 135 Å². The molecule has 3 atom stereocenters. The highest BCUT2D eigenvalue weighted by Gasteiger charge is 2.39. The van der Waals surface area contributed by atoms with Gasteiger partial charge in [0.15, 0.2) is 0 Å². The van der Waals surface area contributed by atoms with Gasteiger partial charge >= 0.3 is 0 Å². The smallest absolute Gasteiger partial charge is 0.268 e. The Bertz CT molecular complexity index is 735. The summed E-state index contributed by atoms with van der Waals surface area (Å²) < 4.78 is 1.91. The molecule has 5 nitrogen and oxygen atoms in total. The van der Waals surface area contributed by atoms with Crippen LogP contribution in [0, 0.1) is 0 Å². The first-order valence-corrected chi connectivity index (χ1v) is 8.14. The molecule has 0 spiro atoms. The van der Waals surface area contributed by atoms with Gasteiger partial charge < -0.3 is 20.3 Å². The minimum Gasteiger partial charge on any atom is -0.508 e. The van der Waals surface area contributed by atoms with Gasteiger partial charge in [-0.2, -0.15) is 0 Å². The fraction of sp³-hybridized carbons (Fsp3) is 0.389. The average molecular weight is 311 g/mol. The lowest BCUT2D eigenvalue weighted by molar-refractivity contribution is 0.0923. The molecule has 2 fully saturated rings. The molecule has 120 valence electrons. The number of nitrogens with one attached hydrogen (secondary N) is 2. The molecule has 2 aliphatic heterocycles. The number of nitrogens with zero attached hydrogens (tertiary/aromatic N) is 1. The van der Waals surface area contributed by atoms with Crippen molar-refractivity contribution in [3.8, 4) is 17.0 Å². The maximum Gasteiger partial charge on any atom is 0.268 e. The summed E-state index contributed by atoms with van der Waals surface area (Å²) in [6.45, 7) is 0. The summed E-state index contributed by atoms with van der Waals surface area (Å²) in [7, 11) is 1.90. The van der Waals surface area contributed by atoms with Gasteiger partial charge in [-0.3, -0.25) is 4.79 Å². The Balaban J connectivity index is 1.53. The molecular weight excluding hydrogens is 290 g/mol. The Kier molecular flexibility index (Phi) is 3.38. The maximum absolute atomic E-state index is 12.6. The van der Waals surface area contributed by atoms with E-state index in [1.54, 1.807) is 12.1 Å². The van der Waals surface area contributed by atoms with Crippen molar-refractivity contribution in [1.29, 1.82) is 0 Å². The minimum absolute atomic E-state index is 0.0168. The van der Waals surface area contributed by atoms with E-state index in [9.17, 15) is 9.90 Å². The van der Waals surface area contributed by atoms with Crippen molar-refractivity contribution in [3.63, 3.8) is 0 Å². The van der Waals surface area contributed by atoms with Crippen LogP contribution in [0.25, 0.3) is 11.3 Å². The van der Waals surface area contributed by atoms with Gasteiger partial charge in [0.1, 0.15) is 11.4 Å². The number of aromatic hydroxyl groups is 1. The van der Waals surface area contributed by atoms with Crippen LogP contribution in [-0.2, 0) is 7.05 Å². The zero-order chi connectivity index (χ0) is 16.0. The molecule has 2 bridgehead atoms. The first kappa shape index (κ1) is 14.3. The lowest BCUT2D eigenvalue weighted by Gasteiger charge is -2.21. The number of rotatable bonds is 3. The number of hydrogen-bond donors (Lipinski definition) is 3. The molecule has 0 aliphatic carbocycles. The van der Waals surface area contributed by atoms with Gasteiger partial charge in [-0.15, -0.1) is 0 Å². The van der Waals surface area contributed by atoms with Crippen LogP contribution < -0.4 is 10.6 Å². The number of hydrogen-bond acceptors (Lipinski definition) is 3. The highest BCUT2D eigenvalue weighted by Crippen LogP contribution is 2.29. The monoisotopic (exact) mass is 311 g/mol. The highest BCUT2D eigenvalue weighted by atomic mass is 16.3. The number of carbonyl (C=O) groups excluding carboxylic acids is 1. The third kappa shape index (κ3) is 2.51. The number of fused-ring (bicyclic) bond motifs is 2. The van der Waals surface area contributed by atoms with E-state index in [1.807, 2.05) is 35.9 Å². The molecule has 1 aromatic heterocycles. The van der Waals surface area contributed by atoms with Gasteiger partial charge in [0.25, 0.3) is 5.91 Å². The number of amides is 1. The summed E-state index contributed by atoms with van der Waals surface area (Å²) in [5.41, 5.74) is 2.60. The first-order chi connectivity index (χ1) is 11.1. The molecule has 2 saturated heterocycles. The Morgan fingerprint density at radius 1 is 1.22 bits per heavy atom. The molecule has 3 heterocycles. The van der Waals surface area contributed by atoms with E-state index in [2.05, 4.69) is 10.6 Å². The second-order valence-electron chi connectivity index (χ2n) is 6.57. The summed E-state index contributed by atoms with van der Waals surface area (Å²) in [5.74, 6) is 0.224. The second-order valence-corrected chi connectivity index (χ2v) is 6.57. The summed E-state index contributed by atoms with van der Waals surface area (Å²) in [6.07, 6.45) is 3.42. The topological polar surface area (TPSA) is 66.3 Å². The molecule has 1 aromatic carbocycles. The van der Waals surface area contributed by atoms with E-state index in [0.29, 0.717) is 17.8 Å². The molecule has 4 rings (SSSR count). The van der Waals surface area contributed by atoms with E-state index in [-0.39, 0.29) is 17.7 Å². The molecule has 0 radical (unpaired) electrons. The largest absolute Gasteiger partial charge is 0.508 e. The number of phenolic OH excluding ortho intramolecular Hbond substituents is 1. The first-order valence-electron chi connectivity index (χ1n) is 8.14. The van der Waals surface area contributed by atoms with Gasteiger partial charge in [0.2, 0.25) is 0 Å². The molecule has 1 amide bonds. The van der Waals surface area contributed by atoms with Crippen LogP contribution in [0.5, 0.6) is 5.75 Å². The number of phenols is 1. The Morgan fingerprint density at radius 2 is 2.00 bits per heavy atom. The molecule has 2 aliphatic rings. The van der Waals surface area contributed by atoms with Crippen LogP contribution in [0.2, 0.25) is 0 Å². The minimum atomic E-state index is -0.0168. The van der Waals surface area contributed by atoms with E-state index in [4.69, 9.17) is 0 Å². The van der Waals surface area contributed by atoms with E-state index in [0.717, 1.165) is 24.1 Å². The lowest BCUT2D eigenvalue weighted by Crippen LogP contribution is -2.43. The molecule has 5 heteroatoms. The van der Waals surface area contributed by atoms with Crippen molar-refractivity contribution in [3.05, 3.63) is 42.1 Å². The van der Waals surface area contributed by atoms with E-state index in [1.165, 1.54) is 6.42 Å². The summed E-state index contributed by atoms with van der Waals surface area (Å²) in [4.78, 5) is 12.6. The van der Waals surface area contributed by atoms with Crippen LogP contribution in [0.15, 0.2) is 36.4 Å². The number of carbonyl (C=O) groups is 1. The van der Waals surface area contributed by atoms with Crippen molar-refractivity contribution >= 4 is 5.91 Å². The van der Waals surface area contributed by atoms with E-state index < -0.39 is 0 Å². The van der Waals surface area contributed by atoms with Crippen molar-refractivity contribution in [1.82, 2.24) is 15.2 Å². The zero-order valence-electron chi connectivity index (χ0n) is 13.1. The van der Waals surface area contributed by atoms with Gasteiger partial charge in [-0.1, -0.05) is 0 Å². The fourth-order valence-corrected chi connectivity index (χ4v) is 3.89. The van der Waals surface area contributed by atoms with Gasteiger partial charge in [-0.05, 0) is 61.2 Å². The van der Waals surface area contributed by atoms with Crippen LogP contribution in [-0.4, -0.2) is 33.7 Å². The maximum atomic E-state index is 12.6. The van der Waals surface area contributed by atoms with E-state index >= 15 is 0 Å². The molecule has 0 saturated carbocycles. The highest BCUT2D eigenvalue weighted by molar-refractivity contribution is 5.94. The van der Waals surface area contributed by atoms with Gasteiger partial charge in [0.05, 0.1) is 0 Å². The third-order valence-corrected chi connectivity index (χ3v) is 5.13. The summed E-state index contributed by atoms with van der Waals surface area (Å²) >= 11 is 0. The molecular formula is C18H21N3O2. The van der Waals surface area contributed by atoms with Crippen molar-refractivity contribution in [2.75, 3.05) is 0 Å². The zero-order valence-corrected chi connectivity index (χ0v) is 13.1. The second kappa shape index (κ2) is 5.42. The number of aromatic nitrogens is 1.